The predicted molar refractivity (Wildman–Crippen MR) is 119 cm³/mol. The Labute approximate surface area is 177 Å². The van der Waals surface area contributed by atoms with Crippen molar-refractivity contribution in [3.8, 4) is 0 Å². The molecule has 0 aliphatic carbocycles. The lowest BCUT2D eigenvalue weighted by Gasteiger charge is -2.35. The van der Waals surface area contributed by atoms with Gasteiger partial charge in [0.25, 0.3) is 0 Å². The number of hydrogen-bond donors (Lipinski definition) is 1. The van der Waals surface area contributed by atoms with Crippen LogP contribution in [-0.2, 0) is 11.3 Å². The zero-order valence-corrected chi connectivity index (χ0v) is 17.5. The van der Waals surface area contributed by atoms with Crippen LogP contribution >= 0.6 is 0 Å². The van der Waals surface area contributed by atoms with Crippen molar-refractivity contribution < 1.29 is 9.53 Å². The lowest BCUT2D eigenvalue weighted by atomic mass is 10.2. The Bertz CT molecular complexity index is 964. The van der Waals surface area contributed by atoms with Crippen LogP contribution in [0.3, 0.4) is 0 Å². The lowest BCUT2D eigenvalue weighted by molar-refractivity contribution is 0.183. The molecule has 1 aliphatic rings. The zero-order chi connectivity index (χ0) is 20.8. The monoisotopic (exact) mass is 407 g/mol. The Morgan fingerprint density at radius 2 is 1.77 bits per heavy atom. The van der Waals surface area contributed by atoms with Gasteiger partial charge in [0.05, 0.1) is 17.6 Å². The number of ether oxygens (including phenoxy) is 1. The highest BCUT2D eigenvalue weighted by molar-refractivity contribution is 5.79. The minimum Gasteiger partial charge on any atom is -0.385 e. The highest BCUT2D eigenvalue weighted by Crippen LogP contribution is 2.25. The highest BCUT2D eigenvalue weighted by Gasteiger charge is 2.24. The first kappa shape index (κ1) is 20.2. The van der Waals surface area contributed by atoms with Gasteiger partial charge in [0.2, 0.25) is 5.95 Å². The van der Waals surface area contributed by atoms with E-state index in [2.05, 4.69) is 57.2 Å². The molecule has 7 nitrogen and oxygen atoms in total. The van der Waals surface area contributed by atoms with Crippen molar-refractivity contribution in [3.63, 3.8) is 0 Å². The maximum Gasteiger partial charge on any atom is 0.317 e. The molecule has 1 saturated heterocycles. The molecular formula is C23H29N5O2. The van der Waals surface area contributed by atoms with Gasteiger partial charge in [-0.3, -0.25) is 0 Å². The summed E-state index contributed by atoms with van der Waals surface area (Å²) in [7, 11) is 1.67. The Morgan fingerprint density at radius 3 is 2.53 bits per heavy atom. The van der Waals surface area contributed by atoms with Crippen molar-refractivity contribution in [2.45, 2.75) is 13.0 Å². The van der Waals surface area contributed by atoms with Crippen LogP contribution in [0.2, 0.25) is 0 Å². The fourth-order valence-electron chi connectivity index (χ4n) is 3.86. The molecule has 0 unspecified atom stereocenters. The first-order valence-electron chi connectivity index (χ1n) is 10.5. The number of nitrogens with one attached hydrogen (secondary N) is 1. The number of piperazine rings is 1. The summed E-state index contributed by atoms with van der Waals surface area (Å²) >= 11 is 0. The number of urea groups is 1. The van der Waals surface area contributed by atoms with Gasteiger partial charge in [-0.05, 0) is 24.1 Å². The van der Waals surface area contributed by atoms with E-state index < -0.39 is 0 Å². The van der Waals surface area contributed by atoms with Crippen LogP contribution in [0.5, 0.6) is 0 Å². The van der Waals surface area contributed by atoms with Gasteiger partial charge in [0.15, 0.2) is 0 Å². The molecule has 30 heavy (non-hydrogen) atoms. The largest absolute Gasteiger partial charge is 0.385 e. The van der Waals surface area contributed by atoms with Crippen LogP contribution in [0.4, 0.5) is 10.7 Å². The molecule has 0 spiro atoms. The lowest BCUT2D eigenvalue weighted by Crippen LogP contribution is -2.52. The molecule has 2 heterocycles. The molecule has 1 fully saturated rings. The minimum atomic E-state index is 0.00328. The number of amides is 2. The summed E-state index contributed by atoms with van der Waals surface area (Å²) in [6, 6.07) is 18.7. The summed E-state index contributed by atoms with van der Waals surface area (Å²) in [5.41, 5.74) is 3.38. The number of hydrogen-bond acceptors (Lipinski definition) is 4. The fraction of sp³-hybridized carbons (Fsp3) is 0.391. The number of para-hydroxylation sites is 2. The van der Waals surface area contributed by atoms with E-state index in [1.54, 1.807) is 7.11 Å². The van der Waals surface area contributed by atoms with Gasteiger partial charge >= 0.3 is 6.03 Å². The number of nitrogens with zero attached hydrogens (tertiary/aromatic N) is 4. The topological polar surface area (TPSA) is 62.6 Å². The van der Waals surface area contributed by atoms with Gasteiger partial charge in [0, 0.05) is 46.4 Å². The second kappa shape index (κ2) is 9.63. The van der Waals surface area contributed by atoms with Crippen LogP contribution in [0.15, 0.2) is 54.6 Å². The van der Waals surface area contributed by atoms with Gasteiger partial charge in [-0.25, -0.2) is 9.78 Å². The van der Waals surface area contributed by atoms with Crippen LogP contribution in [0.25, 0.3) is 11.0 Å². The van der Waals surface area contributed by atoms with E-state index in [-0.39, 0.29) is 6.03 Å². The fourth-order valence-corrected chi connectivity index (χ4v) is 3.86. The number of methoxy groups -OCH3 is 1. The number of aromatic nitrogens is 2. The number of carbonyl (C=O) groups is 1. The molecule has 1 aliphatic heterocycles. The predicted octanol–water partition coefficient (Wildman–Crippen LogP) is 2.95. The van der Waals surface area contributed by atoms with E-state index in [1.165, 1.54) is 5.56 Å². The van der Waals surface area contributed by atoms with Crippen LogP contribution < -0.4 is 10.2 Å². The number of benzene rings is 2. The van der Waals surface area contributed by atoms with E-state index in [4.69, 9.17) is 9.72 Å². The summed E-state index contributed by atoms with van der Waals surface area (Å²) in [5, 5.41) is 2.97. The van der Waals surface area contributed by atoms with E-state index in [1.807, 2.05) is 17.0 Å². The van der Waals surface area contributed by atoms with Gasteiger partial charge in [-0.15, -0.1) is 0 Å². The molecule has 1 N–H and O–H groups in total. The molecule has 0 saturated carbocycles. The molecule has 0 bridgehead atoms. The van der Waals surface area contributed by atoms with Gasteiger partial charge < -0.3 is 24.4 Å². The molecule has 1 aromatic heterocycles. The Hall–Kier alpha value is -3.06. The van der Waals surface area contributed by atoms with Crippen LogP contribution in [-0.4, -0.2) is 66.9 Å². The molecule has 2 amide bonds. The van der Waals surface area contributed by atoms with Crippen molar-refractivity contribution in [1.82, 2.24) is 19.8 Å². The highest BCUT2D eigenvalue weighted by atomic mass is 16.5. The van der Waals surface area contributed by atoms with Crippen molar-refractivity contribution in [2.75, 3.05) is 51.3 Å². The average molecular weight is 408 g/mol. The van der Waals surface area contributed by atoms with Crippen molar-refractivity contribution in [3.05, 3.63) is 60.2 Å². The SMILES string of the molecule is COCCCNC(=O)N1CCN(c2nc3ccccc3n2Cc2ccccc2)CC1. The number of fused-ring (bicyclic) bond motifs is 1. The maximum atomic E-state index is 12.4. The smallest absolute Gasteiger partial charge is 0.317 e. The van der Waals surface area contributed by atoms with E-state index in [0.29, 0.717) is 26.2 Å². The molecule has 0 radical (unpaired) electrons. The maximum absolute atomic E-state index is 12.4. The van der Waals surface area contributed by atoms with E-state index in [0.717, 1.165) is 43.0 Å². The van der Waals surface area contributed by atoms with Crippen molar-refractivity contribution in [1.29, 1.82) is 0 Å². The molecule has 3 aromatic rings. The Morgan fingerprint density at radius 1 is 1.03 bits per heavy atom. The number of rotatable bonds is 7. The Balaban J connectivity index is 1.46. The summed E-state index contributed by atoms with van der Waals surface area (Å²) in [4.78, 5) is 21.5. The van der Waals surface area contributed by atoms with Crippen molar-refractivity contribution in [2.24, 2.45) is 0 Å². The van der Waals surface area contributed by atoms with Gasteiger partial charge in [-0.2, -0.15) is 0 Å². The van der Waals surface area contributed by atoms with E-state index >= 15 is 0 Å². The number of anilines is 1. The Kier molecular flexibility index (Phi) is 6.49. The average Bonchev–Trinajstić information content (AvgIpc) is 3.16. The van der Waals surface area contributed by atoms with Crippen molar-refractivity contribution >= 4 is 23.0 Å². The molecular weight excluding hydrogens is 378 g/mol. The first-order chi connectivity index (χ1) is 14.8. The number of imidazole rings is 1. The normalized spacial score (nSPS) is 14.3. The van der Waals surface area contributed by atoms with Crippen LogP contribution in [0, 0.1) is 0 Å². The third-order valence-corrected chi connectivity index (χ3v) is 5.47. The zero-order valence-electron chi connectivity index (χ0n) is 17.5. The minimum absolute atomic E-state index is 0.00328. The second-order valence-corrected chi connectivity index (χ2v) is 7.52. The quantitative estimate of drug-likeness (QED) is 0.612. The van der Waals surface area contributed by atoms with Gasteiger partial charge in [0.1, 0.15) is 0 Å². The third-order valence-electron chi connectivity index (χ3n) is 5.47. The number of carbonyl (C=O) groups excluding carboxylic acids is 1. The first-order valence-corrected chi connectivity index (χ1v) is 10.5. The molecule has 4 rings (SSSR count). The molecule has 158 valence electrons. The standard InChI is InChI=1S/C23H29N5O2/c1-30-17-7-12-24-23(29)27-15-13-26(14-16-27)22-25-20-10-5-6-11-21(20)28(22)18-19-8-3-2-4-9-19/h2-6,8-11H,7,12-18H2,1H3,(H,24,29). The van der Waals surface area contributed by atoms with Gasteiger partial charge in [-0.1, -0.05) is 42.5 Å². The molecule has 0 atom stereocenters. The third kappa shape index (κ3) is 4.57. The summed E-state index contributed by atoms with van der Waals surface area (Å²) in [6.07, 6.45) is 0.825. The second-order valence-electron chi connectivity index (χ2n) is 7.52. The molecule has 2 aromatic carbocycles. The van der Waals surface area contributed by atoms with Crippen LogP contribution in [0.1, 0.15) is 12.0 Å². The summed E-state index contributed by atoms with van der Waals surface area (Å²) in [6.45, 7) is 4.98. The summed E-state index contributed by atoms with van der Waals surface area (Å²) in [5.74, 6) is 0.972. The summed E-state index contributed by atoms with van der Waals surface area (Å²) < 4.78 is 7.31. The van der Waals surface area contributed by atoms with E-state index in [9.17, 15) is 4.79 Å². The molecule has 7 heteroatoms.